The van der Waals surface area contributed by atoms with Gasteiger partial charge in [-0.3, -0.25) is 4.79 Å². The molecule has 0 saturated carbocycles. The molecule has 1 unspecified atom stereocenters. The number of amides is 1. The number of ether oxygens (including phenoxy) is 1. The van der Waals surface area contributed by atoms with Gasteiger partial charge in [-0.1, -0.05) is 12.1 Å². The molecule has 2 aromatic carbocycles. The second kappa shape index (κ2) is 10.6. The molecule has 2 N–H and O–H groups in total. The number of hydrogen-bond donors (Lipinski definition) is 2. The number of nitrogens with zero attached hydrogens (tertiary/aromatic N) is 2. The summed E-state index contributed by atoms with van der Waals surface area (Å²) in [5.74, 6) is 0.113. The number of halogens is 3. The normalized spacial score (nSPS) is 12.8. The van der Waals surface area contributed by atoms with Gasteiger partial charge in [-0.15, -0.1) is 13.2 Å². The monoisotopic (exact) mass is 472 g/mol. The summed E-state index contributed by atoms with van der Waals surface area (Å²) in [6.45, 7) is 4.96. The Kier molecular flexibility index (Phi) is 7.78. The molecule has 0 radical (unpaired) electrons. The van der Waals surface area contributed by atoms with Gasteiger partial charge in [0.15, 0.2) is 0 Å². The number of nitrogens with one attached hydrogen (secondary N) is 2. The van der Waals surface area contributed by atoms with Gasteiger partial charge in [0.1, 0.15) is 11.6 Å². The van der Waals surface area contributed by atoms with Crippen LogP contribution in [0.2, 0.25) is 0 Å². The average molecular weight is 473 g/mol. The molecule has 34 heavy (non-hydrogen) atoms. The van der Waals surface area contributed by atoms with Crippen LogP contribution in [0.3, 0.4) is 0 Å². The number of fused-ring (bicyclic) bond motifs is 1. The number of alkyl halides is 3. The standard InChI is InChI=1S/C25H27F3N4O2/c1-16-13-23(29-17(2)15-32(3)4)31-22-11-8-19(14-21(16)22)30-24(33)12-7-18-5-9-20(10-6-18)34-25(26,27)28/h5-14,17H,15H2,1-4H3,(H,29,31)(H,30,33)/b12-7+. The van der Waals surface area contributed by atoms with Gasteiger partial charge in [-0.05, 0) is 81.5 Å². The van der Waals surface area contributed by atoms with Crippen LogP contribution < -0.4 is 15.4 Å². The molecule has 180 valence electrons. The third-order valence-electron chi connectivity index (χ3n) is 4.86. The maximum Gasteiger partial charge on any atom is 0.573 e. The third-order valence-corrected chi connectivity index (χ3v) is 4.86. The molecule has 1 aromatic heterocycles. The predicted octanol–water partition coefficient (Wildman–Crippen LogP) is 5.46. The van der Waals surface area contributed by atoms with E-state index in [1.165, 1.54) is 36.4 Å². The highest BCUT2D eigenvalue weighted by molar-refractivity contribution is 6.03. The van der Waals surface area contributed by atoms with Crippen LogP contribution in [0.1, 0.15) is 18.1 Å². The van der Waals surface area contributed by atoms with Crippen LogP contribution in [-0.2, 0) is 4.79 Å². The molecular formula is C25H27F3N4O2. The van der Waals surface area contributed by atoms with E-state index in [1.54, 1.807) is 6.07 Å². The number of pyridine rings is 1. The van der Waals surface area contributed by atoms with Crippen LogP contribution in [0.25, 0.3) is 17.0 Å². The first kappa shape index (κ1) is 25.0. The molecule has 9 heteroatoms. The lowest BCUT2D eigenvalue weighted by Crippen LogP contribution is -2.29. The van der Waals surface area contributed by atoms with Crippen molar-refractivity contribution in [3.63, 3.8) is 0 Å². The summed E-state index contributed by atoms with van der Waals surface area (Å²) in [4.78, 5) is 19.1. The molecule has 1 atom stereocenters. The number of anilines is 2. The van der Waals surface area contributed by atoms with Gasteiger partial charge in [0.25, 0.3) is 0 Å². The Balaban J connectivity index is 1.65. The number of rotatable bonds is 8. The maximum absolute atomic E-state index is 12.3. The van der Waals surface area contributed by atoms with Crippen molar-refractivity contribution in [3.05, 3.63) is 65.7 Å². The third kappa shape index (κ3) is 7.48. The molecule has 6 nitrogen and oxygen atoms in total. The van der Waals surface area contributed by atoms with Crippen LogP contribution in [0.4, 0.5) is 24.7 Å². The Hall–Kier alpha value is -3.59. The van der Waals surface area contributed by atoms with E-state index in [1.807, 2.05) is 39.2 Å². The van der Waals surface area contributed by atoms with Crippen molar-refractivity contribution in [2.75, 3.05) is 31.3 Å². The number of carbonyl (C=O) groups is 1. The largest absolute Gasteiger partial charge is 0.573 e. The highest BCUT2D eigenvalue weighted by Gasteiger charge is 2.30. The molecular weight excluding hydrogens is 445 g/mol. The minimum Gasteiger partial charge on any atom is -0.406 e. The summed E-state index contributed by atoms with van der Waals surface area (Å²) >= 11 is 0. The molecule has 0 saturated heterocycles. The van der Waals surface area contributed by atoms with Crippen LogP contribution in [0.5, 0.6) is 5.75 Å². The van der Waals surface area contributed by atoms with Gasteiger partial charge < -0.3 is 20.3 Å². The zero-order valence-corrected chi connectivity index (χ0v) is 19.4. The molecule has 1 amide bonds. The topological polar surface area (TPSA) is 66.5 Å². The SMILES string of the molecule is Cc1cc(NC(C)CN(C)C)nc2ccc(NC(=O)/C=C/c3ccc(OC(F)(F)F)cc3)cc12. The molecule has 0 aliphatic carbocycles. The number of likely N-dealkylation sites (N-methyl/N-ethyl adjacent to an activating group) is 1. The van der Waals surface area contributed by atoms with Crippen LogP contribution in [0, 0.1) is 6.92 Å². The number of hydrogen-bond acceptors (Lipinski definition) is 5. The zero-order chi connectivity index (χ0) is 24.9. The fraction of sp³-hybridized carbons (Fsp3) is 0.280. The van der Waals surface area contributed by atoms with Gasteiger partial charge in [0.2, 0.25) is 5.91 Å². The number of aryl methyl sites for hydroxylation is 1. The first-order valence-corrected chi connectivity index (χ1v) is 10.7. The second-order valence-corrected chi connectivity index (χ2v) is 8.30. The van der Waals surface area contributed by atoms with Gasteiger partial charge in [-0.25, -0.2) is 4.98 Å². The van der Waals surface area contributed by atoms with E-state index < -0.39 is 6.36 Å². The molecule has 0 fully saturated rings. The zero-order valence-electron chi connectivity index (χ0n) is 19.4. The Morgan fingerprint density at radius 2 is 1.85 bits per heavy atom. The van der Waals surface area contributed by atoms with Crippen molar-refractivity contribution in [3.8, 4) is 5.75 Å². The lowest BCUT2D eigenvalue weighted by Gasteiger charge is -2.19. The van der Waals surface area contributed by atoms with E-state index in [4.69, 9.17) is 0 Å². The molecule has 1 heterocycles. The Bertz CT molecular complexity index is 1180. The van der Waals surface area contributed by atoms with E-state index in [2.05, 4.69) is 32.2 Å². The van der Waals surface area contributed by atoms with Gasteiger partial charge in [0.05, 0.1) is 5.52 Å². The van der Waals surface area contributed by atoms with E-state index in [0.717, 1.165) is 28.8 Å². The summed E-state index contributed by atoms with van der Waals surface area (Å²) in [7, 11) is 4.04. The van der Waals surface area contributed by atoms with Gasteiger partial charge in [-0.2, -0.15) is 0 Å². The summed E-state index contributed by atoms with van der Waals surface area (Å²) in [6.07, 6.45) is -1.92. The first-order chi connectivity index (χ1) is 16.0. The Labute approximate surface area is 196 Å². The molecule has 3 aromatic rings. The fourth-order valence-corrected chi connectivity index (χ4v) is 3.53. The summed E-state index contributed by atoms with van der Waals surface area (Å²) < 4.78 is 40.5. The first-order valence-electron chi connectivity index (χ1n) is 10.7. The Morgan fingerprint density at radius 3 is 2.50 bits per heavy atom. The van der Waals surface area contributed by atoms with E-state index in [0.29, 0.717) is 11.3 Å². The lowest BCUT2D eigenvalue weighted by atomic mass is 10.1. The fourth-order valence-electron chi connectivity index (χ4n) is 3.53. The predicted molar refractivity (Wildman–Crippen MR) is 129 cm³/mol. The van der Waals surface area contributed by atoms with Crippen molar-refractivity contribution in [1.82, 2.24) is 9.88 Å². The molecule has 0 bridgehead atoms. The second-order valence-electron chi connectivity index (χ2n) is 8.30. The smallest absolute Gasteiger partial charge is 0.406 e. The molecule has 0 aliphatic heterocycles. The highest BCUT2D eigenvalue weighted by atomic mass is 19.4. The number of carbonyl (C=O) groups excluding carboxylic acids is 1. The Morgan fingerprint density at radius 1 is 1.15 bits per heavy atom. The number of benzene rings is 2. The minimum atomic E-state index is -4.74. The lowest BCUT2D eigenvalue weighted by molar-refractivity contribution is -0.274. The summed E-state index contributed by atoms with van der Waals surface area (Å²) in [5.41, 5.74) is 3.01. The highest BCUT2D eigenvalue weighted by Crippen LogP contribution is 2.25. The van der Waals surface area contributed by atoms with Crippen molar-refractivity contribution < 1.29 is 22.7 Å². The van der Waals surface area contributed by atoms with Gasteiger partial charge >= 0.3 is 6.36 Å². The molecule has 0 aliphatic rings. The van der Waals surface area contributed by atoms with Crippen LogP contribution in [0.15, 0.2) is 54.6 Å². The van der Waals surface area contributed by atoms with Crippen LogP contribution in [-0.4, -0.2) is 48.8 Å². The summed E-state index contributed by atoms with van der Waals surface area (Å²) in [6, 6.07) is 12.9. The average Bonchev–Trinajstić information content (AvgIpc) is 2.72. The number of aromatic nitrogens is 1. The van der Waals surface area contributed by atoms with Gasteiger partial charge in [0, 0.05) is 29.7 Å². The van der Waals surface area contributed by atoms with Crippen molar-refractivity contribution in [1.29, 1.82) is 0 Å². The minimum absolute atomic E-state index is 0.234. The molecule has 3 rings (SSSR count). The van der Waals surface area contributed by atoms with Crippen molar-refractivity contribution in [2.24, 2.45) is 0 Å². The van der Waals surface area contributed by atoms with Crippen LogP contribution >= 0.6 is 0 Å². The maximum atomic E-state index is 12.3. The van der Waals surface area contributed by atoms with Crippen molar-refractivity contribution in [2.45, 2.75) is 26.3 Å². The van der Waals surface area contributed by atoms with Crippen molar-refractivity contribution >= 4 is 34.4 Å². The quantitative estimate of drug-likeness (QED) is 0.427. The van der Waals surface area contributed by atoms with E-state index >= 15 is 0 Å². The summed E-state index contributed by atoms with van der Waals surface area (Å²) in [5, 5.41) is 7.12. The van der Waals surface area contributed by atoms with E-state index in [9.17, 15) is 18.0 Å². The molecule has 0 spiro atoms. The van der Waals surface area contributed by atoms with E-state index in [-0.39, 0.29) is 17.7 Å².